The summed E-state index contributed by atoms with van der Waals surface area (Å²) in [5.74, 6) is -1.49. The van der Waals surface area contributed by atoms with E-state index in [0.717, 1.165) is 0 Å². The topological polar surface area (TPSA) is 55.4 Å². The van der Waals surface area contributed by atoms with Crippen LogP contribution >= 0.6 is 0 Å². The summed E-state index contributed by atoms with van der Waals surface area (Å²) in [4.78, 5) is 21.0. The van der Waals surface area contributed by atoms with E-state index in [1.54, 1.807) is 13.8 Å². The van der Waals surface area contributed by atoms with Crippen LogP contribution in [0.3, 0.4) is 0 Å². The predicted octanol–water partition coefficient (Wildman–Crippen LogP) is -0.314. The Kier molecular flexibility index (Phi) is 4.28. The lowest BCUT2D eigenvalue weighted by Gasteiger charge is -1.99. The molecule has 0 radical (unpaired) electrons. The molecule has 0 aromatic carbocycles. The van der Waals surface area contributed by atoms with E-state index in [1.807, 2.05) is 0 Å². The van der Waals surface area contributed by atoms with Gasteiger partial charge in [-0.15, -0.1) is 0 Å². The van der Waals surface area contributed by atoms with Crippen molar-refractivity contribution in [3.05, 3.63) is 0 Å². The standard InChI is InChI=1S/C6H11NO3/c1-3-7-5(8)6(9)10-4-2/h3-4H2,1-2H3,(H,7,8). The van der Waals surface area contributed by atoms with Crippen LogP contribution in [0.1, 0.15) is 13.8 Å². The zero-order chi connectivity index (χ0) is 7.98. The van der Waals surface area contributed by atoms with Gasteiger partial charge >= 0.3 is 11.9 Å². The molecule has 0 aliphatic rings. The first kappa shape index (κ1) is 8.94. The number of rotatable bonds is 2. The summed E-state index contributed by atoms with van der Waals surface area (Å²) >= 11 is 0. The highest BCUT2D eigenvalue weighted by molar-refractivity contribution is 6.32. The van der Waals surface area contributed by atoms with Gasteiger partial charge in [0.1, 0.15) is 0 Å². The van der Waals surface area contributed by atoms with Gasteiger partial charge in [0.25, 0.3) is 0 Å². The molecule has 0 aromatic heterocycles. The summed E-state index contributed by atoms with van der Waals surface area (Å²) in [5.41, 5.74) is 0. The number of esters is 1. The summed E-state index contributed by atoms with van der Waals surface area (Å²) in [6.45, 7) is 4.06. The maximum absolute atomic E-state index is 10.5. The quantitative estimate of drug-likeness (QED) is 0.428. The summed E-state index contributed by atoms with van der Waals surface area (Å²) in [7, 11) is 0. The molecule has 0 saturated heterocycles. The van der Waals surface area contributed by atoms with Gasteiger partial charge in [0, 0.05) is 6.54 Å². The lowest BCUT2D eigenvalue weighted by Crippen LogP contribution is -2.32. The zero-order valence-electron chi connectivity index (χ0n) is 6.14. The molecule has 0 aliphatic carbocycles. The Labute approximate surface area is 59.6 Å². The minimum atomic E-state index is -0.815. The van der Waals surface area contributed by atoms with Crippen molar-refractivity contribution in [1.29, 1.82) is 0 Å². The van der Waals surface area contributed by atoms with Crippen LogP contribution < -0.4 is 5.32 Å². The van der Waals surface area contributed by atoms with Crippen LogP contribution in [0.15, 0.2) is 0 Å². The fourth-order valence-corrected chi connectivity index (χ4v) is 0.429. The van der Waals surface area contributed by atoms with E-state index in [4.69, 9.17) is 0 Å². The number of hydrogen-bond acceptors (Lipinski definition) is 3. The maximum atomic E-state index is 10.5. The Morgan fingerprint density at radius 2 is 2.00 bits per heavy atom. The summed E-state index contributed by atoms with van der Waals surface area (Å²) in [5, 5.41) is 2.32. The highest BCUT2D eigenvalue weighted by atomic mass is 16.5. The van der Waals surface area contributed by atoms with Crippen LogP contribution in [0.5, 0.6) is 0 Å². The van der Waals surface area contributed by atoms with Gasteiger partial charge in [0.15, 0.2) is 0 Å². The first-order valence-electron chi connectivity index (χ1n) is 3.17. The first-order chi connectivity index (χ1) is 4.72. The molecule has 10 heavy (non-hydrogen) atoms. The van der Waals surface area contributed by atoms with Gasteiger partial charge in [-0.2, -0.15) is 0 Å². The van der Waals surface area contributed by atoms with E-state index >= 15 is 0 Å². The number of carbonyl (C=O) groups is 2. The highest BCUT2D eigenvalue weighted by Crippen LogP contribution is 1.76. The van der Waals surface area contributed by atoms with E-state index in [9.17, 15) is 9.59 Å². The third-order valence-electron chi connectivity index (χ3n) is 0.798. The van der Waals surface area contributed by atoms with Crippen molar-refractivity contribution in [3.8, 4) is 0 Å². The third kappa shape index (κ3) is 3.06. The molecular formula is C6H11NO3. The molecule has 58 valence electrons. The molecule has 1 amide bonds. The largest absolute Gasteiger partial charge is 0.459 e. The molecule has 1 N–H and O–H groups in total. The Balaban J connectivity index is 3.60. The van der Waals surface area contributed by atoms with Gasteiger partial charge in [-0.1, -0.05) is 0 Å². The lowest BCUT2D eigenvalue weighted by molar-refractivity contribution is -0.154. The molecule has 0 saturated carbocycles. The number of ether oxygens (including phenoxy) is 1. The van der Waals surface area contributed by atoms with Crippen LogP contribution in [0.25, 0.3) is 0 Å². The molecule has 4 heteroatoms. The Bertz CT molecular complexity index is 117. The Morgan fingerprint density at radius 3 is 2.40 bits per heavy atom. The molecule has 0 aliphatic heterocycles. The molecule has 0 rings (SSSR count). The molecule has 0 atom stereocenters. The second-order valence-corrected chi connectivity index (χ2v) is 1.58. The molecule has 0 bridgehead atoms. The molecule has 0 aromatic rings. The van der Waals surface area contributed by atoms with Crippen molar-refractivity contribution < 1.29 is 14.3 Å². The minimum Gasteiger partial charge on any atom is -0.459 e. The van der Waals surface area contributed by atoms with Crippen molar-refractivity contribution in [2.75, 3.05) is 13.2 Å². The molecule has 0 spiro atoms. The summed E-state index contributed by atoms with van der Waals surface area (Å²) in [6, 6.07) is 0. The first-order valence-corrected chi connectivity index (χ1v) is 3.17. The van der Waals surface area contributed by atoms with E-state index in [1.165, 1.54) is 0 Å². The van der Waals surface area contributed by atoms with Crippen molar-refractivity contribution in [3.63, 3.8) is 0 Å². The third-order valence-corrected chi connectivity index (χ3v) is 0.798. The molecule has 0 heterocycles. The lowest BCUT2D eigenvalue weighted by atomic mass is 10.6. The maximum Gasteiger partial charge on any atom is 0.396 e. The van der Waals surface area contributed by atoms with Gasteiger partial charge in [-0.05, 0) is 13.8 Å². The Hall–Kier alpha value is -1.06. The molecule has 0 fully saturated rings. The van der Waals surface area contributed by atoms with Gasteiger partial charge in [0.2, 0.25) is 0 Å². The van der Waals surface area contributed by atoms with Crippen LogP contribution in [0, 0.1) is 0 Å². The van der Waals surface area contributed by atoms with Crippen molar-refractivity contribution in [2.24, 2.45) is 0 Å². The minimum absolute atomic E-state index is 0.232. The van der Waals surface area contributed by atoms with E-state index in [-0.39, 0.29) is 6.61 Å². The van der Waals surface area contributed by atoms with Crippen LogP contribution in [-0.2, 0) is 14.3 Å². The smallest absolute Gasteiger partial charge is 0.396 e. The average Bonchev–Trinajstić information content (AvgIpc) is 1.89. The summed E-state index contributed by atoms with van der Waals surface area (Å²) < 4.78 is 4.41. The molecular weight excluding hydrogens is 134 g/mol. The number of nitrogens with one attached hydrogen (secondary N) is 1. The van der Waals surface area contributed by atoms with Gasteiger partial charge in [-0.3, -0.25) is 4.79 Å². The van der Waals surface area contributed by atoms with E-state index in [2.05, 4.69) is 10.1 Å². The number of likely N-dealkylation sites (N-methyl/N-ethyl adjacent to an activating group) is 1. The summed E-state index contributed by atoms with van der Waals surface area (Å²) in [6.07, 6.45) is 0. The van der Waals surface area contributed by atoms with Gasteiger partial charge < -0.3 is 10.1 Å². The average molecular weight is 145 g/mol. The number of carbonyl (C=O) groups excluding carboxylic acids is 2. The van der Waals surface area contributed by atoms with Crippen molar-refractivity contribution in [2.45, 2.75) is 13.8 Å². The normalized spacial score (nSPS) is 8.60. The number of hydrogen-bond donors (Lipinski definition) is 1. The monoisotopic (exact) mass is 145 g/mol. The molecule has 4 nitrogen and oxygen atoms in total. The van der Waals surface area contributed by atoms with Crippen LogP contribution in [-0.4, -0.2) is 25.0 Å². The highest BCUT2D eigenvalue weighted by Gasteiger charge is 2.11. The van der Waals surface area contributed by atoms with Crippen molar-refractivity contribution >= 4 is 11.9 Å². The van der Waals surface area contributed by atoms with Crippen LogP contribution in [0.4, 0.5) is 0 Å². The molecule has 0 unspecified atom stereocenters. The Morgan fingerprint density at radius 1 is 1.40 bits per heavy atom. The fraction of sp³-hybridized carbons (Fsp3) is 0.667. The van der Waals surface area contributed by atoms with Crippen LogP contribution in [0.2, 0.25) is 0 Å². The number of amides is 1. The second-order valence-electron chi connectivity index (χ2n) is 1.58. The zero-order valence-corrected chi connectivity index (χ0v) is 6.14. The second kappa shape index (κ2) is 4.78. The van der Waals surface area contributed by atoms with Crippen molar-refractivity contribution in [1.82, 2.24) is 5.32 Å². The van der Waals surface area contributed by atoms with E-state index < -0.39 is 11.9 Å². The predicted molar refractivity (Wildman–Crippen MR) is 35.3 cm³/mol. The fourth-order valence-electron chi connectivity index (χ4n) is 0.429. The van der Waals surface area contributed by atoms with Gasteiger partial charge in [-0.25, -0.2) is 4.79 Å². The van der Waals surface area contributed by atoms with E-state index in [0.29, 0.717) is 6.54 Å². The SMILES string of the molecule is CCNC(=O)C(=O)OCC. The van der Waals surface area contributed by atoms with Gasteiger partial charge in [0.05, 0.1) is 6.61 Å².